The van der Waals surface area contributed by atoms with Crippen molar-refractivity contribution in [3.8, 4) is 5.75 Å². The van der Waals surface area contributed by atoms with Crippen LogP contribution in [0.15, 0.2) is 24.3 Å². The number of hydrogen-bond donors (Lipinski definition) is 3. The number of para-hydroxylation sites is 1. The lowest BCUT2D eigenvalue weighted by atomic mass is 10.1. The summed E-state index contributed by atoms with van der Waals surface area (Å²) < 4.78 is 5.35. The zero-order valence-electron chi connectivity index (χ0n) is 13.5. The van der Waals surface area contributed by atoms with E-state index >= 15 is 0 Å². The Kier molecular flexibility index (Phi) is 7.05. The topological polar surface area (TPSA) is 105 Å². The molecule has 0 fully saturated rings. The van der Waals surface area contributed by atoms with Crippen LogP contribution < -0.4 is 15.4 Å². The molecule has 0 aliphatic rings. The first kappa shape index (κ1) is 18.5. The maximum Gasteiger partial charge on any atom is 0.326 e. The smallest absolute Gasteiger partial charge is 0.326 e. The Balaban J connectivity index is 2.62. The van der Waals surface area contributed by atoms with Crippen molar-refractivity contribution in [2.75, 3.05) is 13.2 Å². The number of aliphatic carboxylic acids is 1. The number of benzene rings is 1. The van der Waals surface area contributed by atoms with Gasteiger partial charge in [0.25, 0.3) is 5.91 Å². The molecule has 1 aromatic rings. The lowest BCUT2D eigenvalue weighted by Gasteiger charge is -2.18. The molecule has 0 aliphatic carbocycles. The average molecular weight is 322 g/mol. The molecule has 0 aromatic heterocycles. The number of amides is 2. The Bertz CT molecular complexity index is 571. The second-order valence-electron chi connectivity index (χ2n) is 5.24. The minimum Gasteiger partial charge on any atom is -0.493 e. The molecule has 1 aromatic carbocycles. The quantitative estimate of drug-likeness (QED) is 0.663. The van der Waals surface area contributed by atoms with Crippen molar-refractivity contribution >= 4 is 17.8 Å². The normalized spacial score (nSPS) is 11.7. The highest BCUT2D eigenvalue weighted by molar-refractivity contribution is 5.99. The predicted molar refractivity (Wildman–Crippen MR) is 84.3 cm³/mol. The van der Waals surface area contributed by atoms with Gasteiger partial charge >= 0.3 is 5.97 Å². The Morgan fingerprint density at radius 3 is 2.43 bits per heavy atom. The molecule has 0 saturated carbocycles. The minimum atomic E-state index is -1.11. The van der Waals surface area contributed by atoms with Crippen LogP contribution in [0, 0.1) is 5.92 Å². The zero-order chi connectivity index (χ0) is 17.4. The average Bonchev–Trinajstić information content (AvgIpc) is 2.50. The number of nitrogens with one attached hydrogen (secondary N) is 2. The van der Waals surface area contributed by atoms with Crippen LogP contribution in [0.25, 0.3) is 0 Å². The first-order chi connectivity index (χ1) is 10.9. The summed E-state index contributed by atoms with van der Waals surface area (Å²) in [7, 11) is 0. The van der Waals surface area contributed by atoms with Crippen molar-refractivity contribution in [3.63, 3.8) is 0 Å². The van der Waals surface area contributed by atoms with Crippen LogP contribution in [0.5, 0.6) is 5.75 Å². The molecular weight excluding hydrogens is 300 g/mol. The number of carboxylic acid groups (broad SMARTS) is 1. The molecular formula is C16H22N2O5. The fourth-order valence-corrected chi connectivity index (χ4v) is 1.93. The van der Waals surface area contributed by atoms with Crippen molar-refractivity contribution in [1.29, 1.82) is 0 Å². The highest BCUT2D eigenvalue weighted by Gasteiger charge is 2.23. The molecule has 0 bridgehead atoms. The lowest BCUT2D eigenvalue weighted by Crippen LogP contribution is -2.48. The number of carbonyl (C=O) groups is 3. The molecule has 0 heterocycles. The molecule has 1 unspecified atom stereocenters. The summed E-state index contributed by atoms with van der Waals surface area (Å²) in [6, 6.07) is 5.70. The molecule has 0 radical (unpaired) electrons. The Hall–Kier alpha value is -2.57. The van der Waals surface area contributed by atoms with Gasteiger partial charge < -0.3 is 20.5 Å². The van der Waals surface area contributed by atoms with E-state index in [4.69, 9.17) is 9.84 Å². The third kappa shape index (κ3) is 5.61. The van der Waals surface area contributed by atoms with E-state index in [-0.39, 0.29) is 12.5 Å². The maximum absolute atomic E-state index is 12.1. The van der Waals surface area contributed by atoms with Gasteiger partial charge in [0.2, 0.25) is 5.91 Å². The Morgan fingerprint density at radius 2 is 1.87 bits per heavy atom. The van der Waals surface area contributed by atoms with Crippen molar-refractivity contribution < 1.29 is 24.2 Å². The van der Waals surface area contributed by atoms with Crippen LogP contribution in [-0.4, -0.2) is 42.1 Å². The number of hydrogen-bond acceptors (Lipinski definition) is 4. The van der Waals surface area contributed by atoms with E-state index in [1.54, 1.807) is 45.0 Å². The molecule has 2 amide bonds. The number of carboxylic acids is 1. The highest BCUT2D eigenvalue weighted by atomic mass is 16.5. The summed E-state index contributed by atoms with van der Waals surface area (Å²) >= 11 is 0. The van der Waals surface area contributed by atoms with E-state index < -0.39 is 23.8 Å². The van der Waals surface area contributed by atoms with Gasteiger partial charge in [0.15, 0.2) is 0 Å². The third-order valence-electron chi connectivity index (χ3n) is 3.09. The number of rotatable bonds is 8. The van der Waals surface area contributed by atoms with Crippen LogP contribution in [0.4, 0.5) is 0 Å². The molecule has 3 N–H and O–H groups in total. The highest BCUT2D eigenvalue weighted by Crippen LogP contribution is 2.17. The largest absolute Gasteiger partial charge is 0.493 e. The summed E-state index contributed by atoms with van der Waals surface area (Å²) in [5.74, 6) is -1.96. The second-order valence-corrected chi connectivity index (χ2v) is 5.24. The summed E-state index contributed by atoms with van der Waals surface area (Å²) in [4.78, 5) is 34.9. The molecule has 126 valence electrons. The summed E-state index contributed by atoms with van der Waals surface area (Å²) in [5.41, 5.74) is 0.320. The van der Waals surface area contributed by atoms with Gasteiger partial charge in [-0.15, -0.1) is 0 Å². The van der Waals surface area contributed by atoms with Crippen molar-refractivity contribution in [2.45, 2.75) is 26.8 Å². The van der Waals surface area contributed by atoms with Gasteiger partial charge in [-0.3, -0.25) is 9.59 Å². The minimum absolute atomic E-state index is 0.258. The van der Waals surface area contributed by atoms with Gasteiger partial charge in [0, 0.05) is 0 Å². The van der Waals surface area contributed by atoms with E-state index in [0.29, 0.717) is 17.9 Å². The first-order valence-corrected chi connectivity index (χ1v) is 7.39. The fraction of sp³-hybridized carbons (Fsp3) is 0.438. The number of carbonyl (C=O) groups excluding carboxylic acids is 2. The van der Waals surface area contributed by atoms with Gasteiger partial charge in [-0.25, -0.2) is 4.79 Å². The molecule has 0 saturated heterocycles. The van der Waals surface area contributed by atoms with E-state index in [1.807, 2.05) is 0 Å². The fourth-order valence-electron chi connectivity index (χ4n) is 1.93. The second kappa shape index (κ2) is 8.77. The molecule has 0 spiro atoms. The summed E-state index contributed by atoms with van der Waals surface area (Å²) in [6.07, 6.45) is 0. The van der Waals surface area contributed by atoms with Crippen molar-refractivity contribution in [2.24, 2.45) is 5.92 Å². The molecule has 7 nitrogen and oxygen atoms in total. The number of ether oxygens (including phenoxy) is 1. The van der Waals surface area contributed by atoms with Crippen molar-refractivity contribution in [3.05, 3.63) is 29.8 Å². The van der Waals surface area contributed by atoms with Crippen molar-refractivity contribution in [1.82, 2.24) is 10.6 Å². The lowest BCUT2D eigenvalue weighted by molar-refractivity contribution is -0.142. The molecule has 1 rings (SSSR count). The van der Waals surface area contributed by atoms with Crippen LogP contribution in [-0.2, 0) is 9.59 Å². The first-order valence-electron chi connectivity index (χ1n) is 7.39. The van der Waals surface area contributed by atoms with Crippen LogP contribution in [0.2, 0.25) is 0 Å². The third-order valence-corrected chi connectivity index (χ3v) is 3.09. The zero-order valence-corrected chi connectivity index (χ0v) is 13.5. The molecule has 23 heavy (non-hydrogen) atoms. The molecule has 1 atom stereocenters. The van der Waals surface area contributed by atoms with E-state index in [0.717, 1.165) is 0 Å². The van der Waals surface area contributed by atoms with Crippen LogP contribution >= 0.6 is 0 Å². The van der Waals surface area contributed by atoms with E-state index in [9.17, 15) is 14.4 Å². The van der Waals surface area contributed by atoms with Crippen LogP contribution in [0.1, 0.15) is 31.1 Å². The molecule has 0 aliphatic heterocycles. The summed E-state index contributed by atoms with van der Waals surface area (Å²) in [5, 5.41) is 13.9. The van der Waals surface area contributed by atoms with Gasteiger partial charge in [0.1, 0.15) is 11.8 Å². The van der Waals surface area contributed by atoms with E-state index in [2.05, 4.69) is 10.6 Å². The molecule has 7 heteroatoms. The van der Waals surface area contributed by atoms with Gasteiger partial charge in [-0.05, 0) is 25.0 Å². The monoisotopic (exact) mass is 322 g/mol. The van der Waals surface area contributed by atoms with E-state index in [1.165, 1.54) is 0 Å². The Morgan fingerprint density at radius 1 is 1.22 bits per heavy atom. The van der Waals surface area contributed by atoms with Crippen LogP contribution in [0.3, 0.4) is 0 Å². The SMILES string of the molecule is CCOc1ccccc1C(=O)NCC(=O)NC(C(=O)O)C(C)C. The predicted octanol–water partition coefficient (Wildman–Crippen LogP) is 1.04. The van der Waals surface area contributed by atoms with Gasteiger partial charge in [-0.2, -0.15) is 0 Å². The van der Waals surface area contributed by atoms with Gasteiger partial charge in [0.05, 0.1) is 18.7 Å². The standard InChI is InChI=1S/C16H22N2O5/c1-4-23-12-8-6-5-7-11(12)15(20)17-9-13(19)18-14(10(2)3)16(21)22/h5-8,10,14H,4,9H2,1-3H3,(H,17,20)(H,18,19)(H,21,22). The summed E-state index contributed by atoms with van der Waals surface area (Å²) in [6.45, 7) is 5.29. The Labute approximate surface area is 135 Å². The van der Waals surface area contributed by atoms with Gasteiger partial charge in [-0.1, -0.05) is 26.0 Å². The maximum atomic E-state index is 12.1.